The first-order valence-electron chi connectivity index (χ1n) is 40.0. The van der Waals surface area contributed by atoms with Gasteiger partial charge in [-0.3, -0.25) is 0 Å². The van der Waals surface area contributed by atoms with E-state index in [1.54, 1.807) is 16.4 Å². The summed E-state index contributed by atoms with van der Waals surface area (Å²) in [6.45, 7) is 25.5. The smallest absolute Gasteiger partial charge is 0.681 e. The molecular weight excluding hydrogens is 1680 g/mol. The molecule has 19 rings (SSSR count). The molecule has 0 saturated carbocycles. The monoisotopic (exact) mass is 1780 g/mol. The Bertz CT molecular complexity index is 4430. The van der Waals surface area contributed by atoms with E-state index in [-0.39, 0.29) is 52.4 Å². The maximum absolute atomic E-state index is 5.63. The van der Waals surface area contributed by atoms with Crippen LogP contribution in [0.2, 0.25) is 0 Å². The van der Waals surface area contributed by atoms with Crippen molar-refractivity contribution in [1.82, 2.24) is 0 Å². The van der Waals surface area contributed by atoms with Crippen LogP contribution in [0.4, 0.5) is 22.7 Å². The van der Waals surface area contributed by atoms with E-state index in [1.807, 2.05) is 212 Å². The Morgan fingerprint density at radius 1 is 0.291 bits per heavy atom. The number of hydrogen-bond acceptors (Lipinski definition) is 2. The second-order valence-electron chi connectivity index (χ2n) is 28.1. The van der Waals surface area contributed by atoms with Gasteiger partial charge < -0.3 is 21.3 Å². The fourth-order valence-electron chi connectivity index (χ4n) is 13.8. The van der Waals surface area contributed by atoms with Crippen molar-refractivity contribution in [3.05, 3.63) is 489 Å². The van der Waals surface area contributed by atoms with Gasteiger partial charge in [-0.05, 0) is 135 Å². The summed E-state index contributed by atoms with van der Waals surface area (Å²) in [6.07, 6.45) is 14.7. The van der Waals surface area contributed by atoms with Crippen molar-refractivity contribution in [2.45, 2.75) is 77.0 Å². The zero-order chi connectivity index (χ0) is 80.3. The molecular formula is C106H108Cl2N4P3Zr2. The van der Waals surface area contributed by atoms with Crippen LogP contribution in [0.5, 0.6) is 0 Å². The summed E-state index contributed by atoms with van der Waals surface area (Å²) in [7, 11) is -1.68. The molecule has 0 spiro atoms. The van der Waals surface area contributed by atoms with Crippen LogP contribution < -0.4 is 47.8 Å². The number of rotatable bonds is 7. The van der Waals surface area contributed by atoms with Crippen LogP contribution in [0, 0.1) is 41.5 Å². The molecule has 0 bridgehead atoms. The van der Waals surface area contributed by atoms with Crippen LogP contribution in [-0.2, 0) is 90.9 Å². The molecule has 4 heterocycles. The average molecular weight is 1780 g/mol. The van der Waals surface area contributed by atoms with E-state index in [9.17, 15) is 0 Å². The van der Waals surface area contributed by atoms with Gasteiger partial charge in [-0.1, -0.05) is 252 Å². The van der Waals surface area contributed by atoms with Gasteiger partial charge >= 0.3 is 52.4 Å². The molecule has 117 heavy (non-hydrogen) atoms. The van der Waals surface area contributed by atoms with Crippen LogP contribution >= 0.6 is 45.0 Å². The number of benzene rings is 14. The van der Waals surface area contributed by atoms with Crippen LogP contribution in [0.25, 0.3) is 10.6 Å². The summed E-state index contributed by atoms with van der Waals surface area (Å²) < 4.78 is 0. The Morgan fingerprint density at radius 2 is 0.615 bits per heavy atom. The zero-order valence-electron chi connectivity index (χ0n) is 67.3. The predicted octanol–water partition coefficient (Wildman–Crippen LogP) is 26.1. The number of anilines is 2. The van der Waals surface area contributed by atoms with Gasteiger partial charge in [0.15, 0.2) is 0 Å². The van der Waals surface area contributed by atoms with Crippen LogP contribution in [-0.4, -0.2) is 26.2 Å². The van der Waals surface area contributed by atoms with Gasteiger partial charge in [0.2, 0.25) is 0 Å². The Morgan fingerprint density at radius 3 is 1.03 bits per heavy atom. The molecule has 0 amide bonds. The summed E-state index contributed by atoms with van der Waals surface area (Å²) in [4.78, 5) is 0. The number of hydrogen-bond donors (Lipinski definition) is 2. The average Bonchev–Trinajstić information content (AvgIpc) is 0.771. The minimum absolute atomic E-state index is 0. The van der Waals surface area contributed by atoms with Crippen molar-refractivity contribution in [2.24, 2.45) is 0 Å². The molecule has 4 nitrogen and oxygen atoms in total. The molecule has 14 aromatic rings. The van der Waals surface area contributed by atoms with Gasteiger partial charge in [-0.15, -0.1) is 85.9 Å². The second-order valence-corrected chi connectivity index (χ2v) is 36.2. The quantitative estimate of drug-likeness (QED) is 0.123. The van der Waals surface area contributed by atoms with Crippen molar-refractivity contribution in [1.29, 1.82) is 0 Å². The Labute approximate surface area is 753 Å². The maximum Gasteiger partial charge on any atom is 4.00 e. The van der Waals surface area contributed by atoms with Gasteiger partial charge in [0.25, 0.3) is 0 Å². The molecule has 589 valence electrons. The van der Waals surface area contributed by atoms with Crippen LogP contribution in [0.1, 0.15) is 105 Å². The second kappa shape index (κ2) is 53.5. The number of halogens is 2. The number of aryl methyl sites for hydroxylation is 5. The maximum atomic E-state index is 5.63. The zero-order valence-corrected chi connectivity index (χ0v) is 76.5. The fourth-order valence-corrected chi connectivity index (χ4v) is 20.5. The molecule has 0 fully saturated rings. The molecule has 0 aromatic heterocycles. The molecule has 11 heteroatoms. The van der Waals surface area contributed by atoms with E-state index in [0.717, 1.165) is 77.7 Å². The summed E-state index contributed by atoms with van der Waals surface area (Å²) in [6, 6.07) is 127. The van der Waals surface area contributed by atoms with E-state index in [1.165, 1.54) is 136 Å². The number of fused-ring (bicyclic) bond motifs is 5. The molecule has 1 aliphatic carbocycles. The van der Waals surface area contributed by atoms with Gasteiger partial charge in [0, 0.05) is 35.1 Å². The minimum Gasteiger partial charge on any atom is -0.681 e. The van der Waals surface area contributed by atoms with Crippen molar-refractivity contribution in [3.8, 4) is 0 Å². The Balaban J connectivity index is 0.000000173. The molecule has 4 aliphatic heterocycles. The third-order valence-corrected chi connectivity index (χ3v) is 26.7. The topological polar surface area (TPSA) is 52.3 Å². The SMILES string of the molecule is ClP(Cl)c1ccccc1.[CH2-]c1ccccc1.[CH2-]c1ccccc1.[CH2-]c1ccccc1.[CH2-]c1ccccc1.[CH2-]c1ccccc1.[CH2-]c1ccccc1.[Zr+3].[Zr+4].c1ccc(P(c2cccc3c2CCCC3)c2cccc3c2NCCC3)cc1.c1ccc([PH+](c2cccc3c2[N-]CCC3)c2cccc3c2[N-]CCC3)cc1.c1ccc2c(c1)CCCN2. The van der Waals surface area contributed by atoms with Crippen molar-refractivity contribution in [2.75, 3.05) is 36.8 Å². The van der Waals surface area contributed by atoms with Gasteiger partial charge in [-0.2, -0.15) is 148 Å². The van der Waals surface area contributed by atoms with Crippen molar-refractivity contribution in [3.63, 3.8) is 0 Å². The largest absolute Gasteiger partial charge is 4.00 e. The van der Waals surface area contributed by atoms with Crippen LogP contribution in [0.15, 0.2) is 370 Å². The van der Waals surface area contributed by atoms with E-state index >= 15 is 0 Å². The Hall–Kier alpha value is -8.86. The number of nitrogens with zero attached hydrogens (tertiary/aromatic N) is 2. The van der Waals surface area contributed by atoms with E-state index in [4.69, 9.17) is 33.1 Å². The standard InChI is InChI=1S/C25H26NP.C24H23N2P.C9H11N.6C7H7.C6H5Cl2P.2Zr/c1-2-13-21(14-3-1)27(23-16-6-10-19-9-4-5-15-22(19)23)24-17-7-11-20-12-8-18-26-25(20)24;1-2-12-20(13-3-1)27(21-14-4-8-18-10-6-16-25-23(18)21)22-15-5-9-19-11-7-17-26-24(19)22;1-2-6-9-8(4-1)5-3-7-10-9;6*1-7-5-3-2-4-6-7;7-9(8)6-4-2-1-3-5-6;;/h1-3,6-7,10-11,13-14,16-17,26H,4-5,8-9,12,15,18H2;1-5,8-9,12-15H,6-7,10-11,16-17H2;1-2,4,6,10H,3,5,7H2;6*2-6H,1H2;1-5H;;/q;-2;;6*-1;;+3;+4/p+1. The first-order chi connectivity index (χ1) is 56.5. The first-order valence-corrected chi connectivity index (χ1v) is 46.0. The molecule has 1 unspecified atom stereocenters. The molecule has 14 aromatic carbocycles. The van der Waals surface area contributed by atoms with Crippen LogP contribution in [0.3, 0.4) is 0 Å². The fraction of sp³-hybridized carbons (Fsp3) is 0.151. The summed E-state index contributed by atoms with van der Waals surface area (Å²) in [5.41, 5.74) is 20.7. The molecule has 1 atom stereocenters. The summed E-state index contributed by atoms with van der Waals surface area (Å²) >= 11 is 11.3. The van der Waals surface area contributed by atoms with E-state index < -0.39 is 22.5 Å². The van der Waals surface area contributed by atoms with Gasteiger partial charge in [0.05, 0.1) is 18.5 Å². The molecule has 1 radical (unpaired) electrons. The van der Waals surface area contributed by atoms with E-state index in [0.29, 0.717) is 0 Å². The first kappa shape index (κ1) is 93.6. The van der Waals surface area contributed by atoms with Gasteiger partial charge in [-0.25, -0.2) is 0 Å². The molecule has 5 aliphatic rings. The van der Waals surface area contributed by atoms with Crippen molar-refractivity contribution < 1.29 is 52.4 Å². The number of para-hydroxylation sites is 4. The number of nitrogens with one attached hydrogen (secondary N) is 2. The third-order valence-electron chi connectivity index (χ3n) is 19.5. The normalized spacial score (nSPS) is 12.6. The minimum atomic E-state index is -1.14. The van der Waals surface area contributed by atoms with Gasteiger partial charge in [0.1, 0.15) is 11.9 Å². The summed E-state index contributed by atoms with van der Waals surface area (Å²) in [5.74, 6) is 0. The molecule has 0 saturated heterocycles. The van der Waals surface area contributed by atoms with E-state index in [2.05, 4.69) is 210 Å². The molecule has 2 N–H and O–H groups in total. The third kappa shape index (κ3) is 31.7. The van der Waals surface area contributed by atoms with Crippen molar-refractivity contribution >= 4 is 105 Å². The summed E-state index contributed by atoms with van der Waals surface area (Å²) in [5, 5.41) is 26.9. The Kier molecular flexibility index (Phi) is 42.8. The predicted molar refractivity (Wildman–Crippen MR) is 511 cm³/mol.